The number of phenols is 1. The first-order valence-corrected chi connectivity index (χ1v) is 8.42. The Hall–Kier alpha value is -2.94. The van der Waals surface area contributed by atoms with Crippen molar-refractivity contribution in [2.45, 2.75) is 6.18 Å². The van der Waals surface area contributed by atoms with E-state index < -0.39 is 17.6 Å². The maximum absolute atomic E-state index is 13.1. The molecule has 1 saturated heterocycles. The Labute approximate surface area is 156 Å². The van der Waals surface area contributed by atoms with E-state index in [1.807, 2.05) is 0 Å². The van der Waals surface area contributed by atoms with Gasteiger partial charge in [-0.2, -0.15) is 13.2 Å². The number of halogens is 3. The summed E-state index contributed by atoms with van der Waals surface area (Å²) in [5.41, 5.74) is -0.576. The largest absolute Gasteiger partial charge is 0.504 e. The van der Waals surface area contributed by atoms with E-state index in [4.69, 9.17) is 4.74 Å². The summed E-state index contributed by atoms with van der Waals surface area (Å²) in [6.07, 6.45) is -3.02. The third-order valence-electron chi connectivity index (χ3n) is 3.58. The van der Waals surface area contributed by atoms with Crippen LogP contribution >= 0.6 is 11.8 Å². The van der Waals surface area contributed by atoms with E-state index in [2.05, 4.69) is 10.3 Å². The summed E-state index contributed by atoms with van der Waals surface area (Å²) in [6, 6.07) is 9.40. The normalized spacial score (nSPS) is 17.4. The molecule has 0 bridgehead atoms. The first kappa shape index (κ1) is 18.8. The molecule has 0 aliphatic carbocycles. The minimum absolute atomic E-state index is 0.0471. The Morgan fingerprint density at radius 1 is 1.22 bits per heavy atom. The highest BCUT2D eigenvalue weighted by Crippen LogP contribution is 2.37. The number of amides is 1. The van der Waals surface area contributed by atoms with E-state index in [0.29, 0.717) is 5.56 Å². The van der Waals surface area contributed by atoms with Crippen LogP contribution in [-0.2, 0) is 11.0 Å². The number of ether oxygens (including phenoxy) is 1. The second-order valence-corrected chi connectivity index (χ2v) is 6.46. The third kappa shape index (κ3) is 4.25. The summed E-state index contributed by atoms with van der Waals surface area (Å²) in [6.45, 7) is 0. The molecule has 2 aromatic rings. The van der Waals surface area contributed by atoms with Gasteiger partial charge in [-0.3, -0.25) is 4.79 Å². The average molecular weight is 394 g/mol. The summed E-state index contributed by atoms with van der Waals surface area (Å²) in [5, 5.41) is 12.1. The van der Waals surface area contributed by atoms with Crippen LogP contribution in [0.15, 0.2) is 52.4 Å². The number of para-hydroxylation sites is 1. The molecule has 5 nitrogen and oxygen atoms in total. The van der Waals surface area contributed by atoms with Crippen LogP contribution in [0, 0.1) is 0 Å². The number of nitrogens with zero attached hydrogens (tertiary/aromatic N) is 1. The fraction of sp³-hybridized carbons (Fsp3) is 0.111. The van der Waals surface area contributed by atoms with Crippen molar-refractivity contribution in [2.24, 2.45) is 4.99 Å². The summed E-state index contributed by atoms with van der Waals surface area (Å²) in [7, 11) is 1.39. The third-order valence-corrected chi connectivity index (χ3v) is 4.49. The Morgan fingerprint density at radius 2 is 1.96 bits per heavy atom. The van der Waals surface area contributed by atoms with Gasteiger partial charge in [0.25, 0.3) is 5.91 Å². The van der Waals surface area contributed by atoms with Crippen LogP contribution in [0.5, 0.6) is 11.5 Å². The van der Waals surface area contributed by atoms with Crippen molar-refractivity contribution < 1.29 is 27.8 Å². The molecule has 1 aliphatic rings. The van der Waals surface area contributed by atoms with E-state index >= 15 is 0 Å². The number of phenolic OH excluding ortho intramolecular Hbond substituents is 1. The summed E-state index contributed by atoms with van der Waals surface area (Å²) in [4.78, 5) is 16.3. The van der Waals surface area contributed by atoms with Gasteiger partial charge in [-0.25, -0.2) is 4.99 Å². The van der Waals surface area contributed by atoms with Gasteiger partial charge in [0, 0.05) is 0 Å². The highest BCUT2D eigenvalue weighted by molar-refractivity contribution is 8.18. The Kier molecular flexibility index (Phi) is 5.13. The molecule has 1 aliphatic heterocycles. The molecule has 1 fully saturated rings. The quantitative estimate of drug-likeness (QED) is 0.761. The summed E-state index contributed by atoms with van der Waals surface area (Å²) >= 11 is 0.925. The molecule has 140 valence electrons. The van der Waals surface area contributed by atoms with Crippen LogP contribution < -0.4 is 10.1 Å². The number of hydrogen-bond acceptors (Lipinski definition) is 5. The van der Waals surface area contributed by atoms with Gasteiger partial charge in [-0.05, 0) is 47.7 Å². The van der Waals surface area contributed by atoms with Crippen molar-refractivity contribution in [3.8, 4) is 11.5 Å². The molecule has 0 spiro atoms. The van der Waals surface area contributed by atoms with Gasteiger partial charge in [0.2, 0.25) is 0 Å². The summed E-state index contributed by atoms with van der Waals surface area (Å²) in [5.74, 6) is -0.287. The minimum Gasteiger partial charge on any atom is -0.504 e. The van der Waals surface area contributed by atoms with Gasteiger partial charge in [-0.1, -0.05) is 18.2 Å². The number of carbonyl (C=O) groups excluding carboxylic acids is 1. The molecule has 0 saturated carbocycles. The lowest BCUT2D eigenvalue weighted by Gasteiger charge is -2.09. The van der Waals surface area contributed by atoms with E-state index in [1.54, 1.807) is 6.07 Å². The molecule has 0 radical (unpaired) electrons. The number of amidine groups is 1. The van der Waals surface area contributed by atoms with Gasteiger partial charge >= 0.3 is 6.18 Å². The standard InChI is InChI=1S/C18H13F3N2O3S/c1-26-14-8-10(6-7-13(14)24)9-15-16(25)23-17(27-15)22-12-5-3-2-4-11(12)18(19,20)21/h2-9,24H,1H3,(H,22,23,25)/b15-9+. The molecule has 2 N–H and O–H groups in total. The number of hydrogen-bond donors (Lipinski definition) is 2. The molecule has 1 amide bonds. The van der Waals surface area contributed by atoms with E-state index in [-0.39, 0.29) is 27.3 Å². The van der Waals surface area contributed by atoms with Gasteiger partial charge in [-0.15, -0.1) is 0 Å². The molecular weight excluding hydrogens is 381 g/mol. The first-order chi connectivity index (χ1) is 12.8. The Balaban J connectivity index is 1.89. The molecule has 9 heteroatoms. The monoisotopic (exact) mass is 394 g/mol. The predicted octanol–water partition coefficient (Wildman–Crippen LogP) is 4.31. The average Bonchev–Trinajstić information content (AvgIpc) is 2.95. The maximum Gasteiger partial charge on any atom is 0.418 e. The number of nitrogens with one attached hydrogen (secondary N) is 1. The number of thioether (sulfide) groups is 1. The lowest BCUT2D eigenvalue weighted by Crippen LogP contribution is -2.19. The highest BCUT2D eigenvalue weighted by atomic mass is 32.2. The molecule has 3 rings (SSSR count). The smallest absolute Gasteiger partial charge is 0.418 e. The van der Waals surface area contributed by atoms with E-state index in [9.17, 15) is 23.1 Å². The van der Waals surface area contributed by atoms with Crippen LogP contribution in [0.3, 0.4) is 0 Å². The molecule has 0 aromatic heterocycles. The highest BCUT2D eigenvalue weighted by Gasteiger charge is 2.34. The van der Waals surface area contributed by atoms with E-state index in [1.165, 1.54) is 43.5 Å². The van der Waals surface area contributed by atoms with Gasteiger partial charge < -0.3 is 15.2 Å². The molecule has 0 atom stereocenters. The van der Waals surface area contributed by atoms with E-state index in [0.717, 1.165) is 17.8 Å². The molecule has 27 heavy (non-hydrogen) atoms. The number of aliphatic imine (C=N–C) groups is 1. The van der Waals surface area contributed by atoms with Crippen molar-refractivity contribution in [2.75, 3.05) is 7.11 Å². The number of rotatable bonds is 3. The van der Waals surface area contributed by atoms with Crippen molar-refractivity contribution in [3.63, 3.8) is 0 Å². The van der Waals surface area contributed by atoms with Crippen molar-refractivity contribution in [1.29, 1.82) is 0 Å². The zero-order valence-corrected chi connectivity index (χ0v) is 14.7. The van der Waals surface area contributed by atoms with Gasteiger partial charge in [0.15, 0.2) is 16.7 Å². The molecule has 1 heterocycles. The number of alkyl halides is 3. The maximum atomic E-state index is 13.1. The second-order valence-electron chi connectivity index (χ2n) is 5.43. The minimum atomic E-state index is -4.55. The van der Waals surface area contributed by atoms with Crippen molar-refractivity contribution >= 4 is 34.6 Å². The summed E-state index contributed by atoms with van der Waals surface area (Å²) < 4.78 is 44.2. The van der Waals surface area contributed by atoms with Gasteiger partial charge in [0.05, 0.1) is 23.3 Å². The zero-order chi connectivity index (χ0) is 19.6. The lowest BCUT2D eigenvalue weighted by atomic mass is 10.2. The Morgan fingerprint density at radius 3 is 2.67 bits per heavy atom. The molecular formula is C18H13F3N2O3S. The van der Waals surface area contributed by atoms with Crippen LogP contribution in [0.1, 0.15) is 11.1 Å². The zero-order valence-electron chi connectivity index (χ0n) is 13.9. The topological polar surface area (TPSA) is 70.9 Å². The predicted molar refractivity (Wildman–Crippen MR) is 96.9 cm³/mol. The SMILES string of the molecule is COc1cc(/C=C2/SC(=Nc3ccccc3C(F)(F)F)NC2=O)ccc1O. The number of carbonyl (C=O) groups is 1. The fourth-order valence-electron chi connectivity index (χ4n) is 2.34. The first-order valence-electron chi connectivity index (χ1n) is 7.61. The van der Waals surface area contributed by atoms with Crippen LogP contribution in [0.4, 0.5) is 18.9 Å². The second kappa shape index (κ2) is 7.36. The fourth-order valence-corrected chi connectivity index (χ4v) is 3.17. The van der Waals surface area contributed by atoms with Crippen molar-refractivity contribution in [3.05, 3.63) is 58.5 Å². The molecule has 2 aromatic carbocycles. The molecule has 0 unspecified atom stereocenters. The Bertz CT molecular complexity index is 955. The number of methoxy groups -OCH3 is 1. The number of aromatic hydroxyl groups is 1. The van der Waals surface area contributed by atoms with Crippen LogP contribution in [0.2, 0.25) is 0 Å². The van der Waals surface area contributed by atoms with Crippen LogP contribution in [0.25, 0.3) is 6.08 Å². The van der Waals surface area contributed by atoms with Crippen LogP contribution in [-0.4, -0.2) is 23.3 Å². The van der Waals surface area contributed by atoms with Gasteiger partial charge in [0.1, 0.15) is 0 Å². The lowest BCUT2D eigenvalue weighted by molar-refractivity contribution is -0.137. The van der Waals surface area contributed by atoms with Crippen molar-refractivity contribution in [1.82, 2.24) is 5.32 Å². The number of benzene rings is 2.